The highest BCUT2D eigenvalue weighted by molar-refractivity contribution is 9.10. The van der Waals surface area contributed by atoms with Crippen molar-refractivity contribution in [3.8, 4) is 0 Å². The molecule has 0 aromatic heterocycles. The van der Waals surface area contributed by atoms with E-state index in [9.17, 15) is 4.39 Å². The molecule has 1 heterocycles. The number of rotatable bonds is 3. The second-order valence-corrected chi connectivity index (χ2v) is 6.43. The highest BCUT2D eigenvalue weighted by atomic mass is 79.9. The molecular weight excluding hydrogens is 325 g/mol. The molecule has 1 unspecified atom stereocenters. The first-order valence-corrected chi connectivity index (χ1v) is 7.91. The van der Waals surface area contributed by atoms with Gasteiger partial charge in [0.25, 0.3) is 0 Å². The summed E-state index contributed by atoms with van der Waals surface area (Å²) >= 11 is 5.33. The Kier molecular flexibility index (Phi) is 3.91. The number of thioether (sulfide) groups is 1. The summed E-state index contributed by atoms with van der Waals surface area (Å²) in [5.74, 6) is 0.841. The monoisotopic (exact) mass is 337 g/mol. The molecule has 4 heteroatoms. The summed E-state index contributed by atoms with van der Waals surface area (Å²) in [6.07, 6.45) is 0. The molecule has 1 aliphatic heterocycles. The molecule has 2 aromatic carbocycles. The smallest absolute Gasteiger partial charge is 0.123 e. The summed E-state index contributed by atoms with van der Waals surface area (Å²) < 4.78 is 14.2. The van der Waals surface area contributed by atoms with E-state index in [-0.39, 0.29) is 5.82 Å². The van der Waals surface area contributed by atoms with Crippen LogP contribution in [-0.4, -0.2) is 5.75 Å². The SMILES string of the molecule is Fc1ccc(Br)c(CNC2CSc3ccccc32)c1. The molecule has 0 fully saturated rings. The minimum absolute atomic E-state index is 0.193. The van der Waals surface area contributed by atoms with E-state index in [1.54, 1.807) is 12.1 Å². The van der Waals surface area contributed by atoms with E-state index in [4.69, 9.17) is 0 Å². The molecule has 0 bridgehead atoms. The Bertz CT molecular complexity index is 602. The zero-order chi connectivity index (χ0) is 13.2. The Labute approximate surface area is 124 Å². The van der Waals surface area contributed by atoms with Gasteiger partial charge in [0.2, 0.25) is 0 Å². The van der Waals surface area contributed by atoms with Crippen LogP contribution in [0.5, 0.6) is 0 Å². The fourth-order valence-electron chi connectivity index (χ4n) is 2.24. The number of hydrogen-bond donors (Lipinski definition) is 1. The van der Waals surface area contributed by atoms with Gasteiger partial charge in [0.1, 0.15) is 5.82 Å². The quantitative estimate of drug-likeness (QED) is 0.883. The zero-order valence-corrected chi connectivity index (χ0v) is 12.6. The summed E-state index contributed by atoms with van der Waals surface area (Å²) in [6, 6.07) is 13.6. The largest absolute Gasteiger partial charge is 0.305 e. The highest BCUT2D eigenvalue weighted by Gasteiger charge is 2.22. The van der Waals surface area contributed by atoms with Crippen LogP contribution < -0.4 is 5.32 Å². The predicted octanol–water partition coefficient (Wildman–Crippen LogP) is 4.52. The molecule has 0 spiro atoms. The van der Waals surface area contributed by atoms with Crippen LogP contribution >= 0.6 is 27.7 Å². The van der Waals surface area contributed by atoms with E-state index in [1.807, 2.05) is 11.8 Å². The van der Waals surface area contributed by atoms with Crippen molar-refractivity contribution in [1.29, 1.82) is 0 Å². The number of halogens is 2. The lowest BCUT2D eigenvalue weighted by Gasteiger charge is -2.14. The molecule has 1 aliphatic rings. The lowest BCUT2D eigenvalue weighted by molar-refractivity contribution is 0.576. The molecule has 0 amide bonds. The topological polar surface area (TPSA) is 12.0 Å². The van der Waals surface area contributed by atoms with Crippen molar-refractivity contribution in [2.75, 3.05) is 5.75 Å². The van der Waals surface area contributed by atoms with Gasteiger partial charge < -0.3 is 5.32 Å². The fourth-order valence-corrected chi connectivity index (χ4v) is 3.83. The molecule has 2 aromatic rings. The standard InChI is InChI=1S/C15H13BrFNS/c16-13-6-5-11(17)7-10(13)8-18-14-9-19-15-4-2-1-3-12(14)15/h1-7,14,18H,8-9H2. The lowest BCUT2D eigenvalue weighted by atomic mass is 10.1. The maximum absolute atomic E-state index is 13.2. The maximum Gasteiger partial charge on any atom is 0.123 e. The molecule has 0 saturated carbocycles. The number of benzene rings is 2. The van der Waals surface area contributed by atoms with Crippen LogP contribution in [0, 0.1) is 5.82 Å². The van der Waals surface area contributed by atoms with Crippen LogP contribution in [0.1, 0.15) is 17.2 Å². The summed E-state index contributed by atoms with van der Waals surface area (Å²) in [6.45, 7) is 0.665. The molecule has 1 atom stereocenters. The lowest BCUT2D eigenvalue weighted by Crippen LogP contribution is -2.20. The first-order chi connectivity index (χ1) is 9.24. The number of hydrogen-bond acceptors (Lipinski definition) is 2. The number of fused-ring (bicyclic) bond motifs is 1. The van der Waals surface area contributed by atoms with Gasteiger partial charge in [0.15, 0.2) is 0 Å². The third-order valence-electron chi connectivity index (χ3n) is 3.25. The second kappa shape index (κ2) is 5.65. The molecule has 0 radical (unpaired) electrons. The fraction of sp³-hybridized carbons (Fsp3) is 0.200. The van der Waals surface area contributed by atoms with Crippen molar-refractivity contribution in [3.05, 3.63) is 63.9 Å². The van der Waals surface area contributed by atoms with Gasteiger partial charge in [-0.05, 0) is 35.4 Å². The molecule has 19 heavy (non-hydrogen) atoms. The minimum atomic E-state index is -0.193. The van der Waals surface area contributed by atoms with Gasteiger partial charge in [-0.3, -0.25) is 0 Å². The van der Waals surface area contributed by atoms with Gasteiger partial charge in [-0.15, -0.1) is 11.8 Å². The van der Waals surface area contributed by atoms with Crippen molar-refractivity contribution in [2.24, 2.45) is 0 Å². The molecule has 0 aliphatic carbocycles. The van der Waals surface area contributed by atoms with E-state index >= 15 is 0 Å². The van der Waals surface area contributed by atoms with Gasteiger partial charge in [0, 0.05) is 27.7 Å². The van der Waals surface area contributed by atoms with Crippen molar-refractivity contribution >= 4 is 27.7 Å². The second-order valence-electron chi connectivity index (χ2n) is 4.52. The van der Waals surface area contributed by atoms with Crippen LogP contribution in [0.3, 0.4) is 0 Å². The van der Waals surface area contributed by atoms with Gasteiger partial charge in [-0.1, -0.05) is 34.1 Å². The molecule has 1 nitrogen and oxygen atoms in total. The van der Waals surface area contributed by atoms with Gasteiger partial charge in [0.05, 0.1) is 0 Å². The molecule has 3 rings (SSSR count). The Morgan fingerprint density at radius 1 is 1.26 bits per heavy atom. The Balaban J connectivity index is 1.72. The minimum Gasteiger partial charge on any atom is -0.305 e. The molecule has 0 saturated heterocycles. The van der Waals surface area contributed by atoms with Crippen LogP contribution in [-0.2, 0) is 6.54 Å². The Morgan fingerprint density at radius 3 is 3.00 bits per heavy atom. The van der Waals surface area contributed by atoms with Crippen LogP contribution in [0.25, 0.3) is 0 Å². The van der Waals surface area contributed by atoms with Gasteiger partial charge in [-0.2, -0.15) is 0 Å². The highest BCUT2D eigenvalue weighted by Crippen LogP contribution is 2.37. The Morgan fingerprint density at radius 2 is 2.11 bits per heavy atom. The Hall–Kier alpha value is -0.840. The summed E-state index contributed by atoms with van der Waals surface area (Å²) in [7, 11) is 0. The van der Waals surface area contributed by atoms with Crippen LogP contribution in [0.4, 0.5) is 4.39 Å². The van der Waals surface area contributed by atoms with E-state index in [0.717, 1.165) is 15.8 Å². The van der Waals surface area contributed by atoms with Crippen LogP contribution in [0.15, 0.2) is 51.8 Å². The van der Waals surface area contributed by atoms with E-state index in [2.05, 4.69) is 45.5 Å². The zero-order valence-electron chi connectivity index (χ0n) is 10.2. The van der Waals surface area contributed by atoms with Crippen LogP contribution in [0.2, 0.25) is 0 Å². The van der Waals surface area contributed by atoms with Crippen molar-refractivity contribution in [3.63, 3.8) is 0 Å². The normalized spacial score (nSPS) is 17.5. The summed E-state index contributed by atoms with van der Waals surface area (Å²) in [4.78, 5) is 1.35. The first kappa shape index (κ1) is 13.2. The summed E-state index contributed by atoms with van der Waals surface area (Å²) in [5, 5.41) is 3.50. The van der Waals surface area contributed by atoms with Gasteiger partial charge in [-0.25, -0.2) is 4.39 Å². The van der Waals surface area contributed by atoms with Crippen molar-refractivity contribution in [1.82, 2.24) is 5.32 Å². The average molecular weight is 338 g/mol. The third-order valence-corrected chi connectivity index (χ3v) is 5.20. The van der Waals surface area contributed by atoms with Gasteiger partial charge >= 0.3 is 0 Å². The molecule has 1 N–H and O–H groups in total. The summed E-state index contributed by atoms with van der Waals surface area (Å²) in [5.41, 5.74) is 2.30. The third kappa shape index (κ3) is 2.86. The van der Waals surface area contributed by atoms with E-state index in [1.165, 1.54) is 16.5 Å². The van der Waals surface area contributed by atoms with Crippen molar-refractivity contribution < 1.29 is 4.39 Å². The van der Waals surface area contributed by atoms with E-state index < -0.39 is 0 Å². The average Bonchev–Trinajstić information content (AvgIpc) is 2.83. The maximum atomic E-state index is 13.2. The molecule has 98 valence electrons. The van der Waals surface area contributed by atoms with Crippen molar-refractivity contribution in [2.45, 2.75) is 17.5 Å². The molecular formula is C15H13BrFNS. The predicted molar refractivity (Wildman–Crippen MR) is 80.8 cm³/mol. The number of nitrogens with one attached hydrogen (secondary N) is 1. The first-order valence-electron chi connectivity index (χ1n) is 6.13. The van der Waals surface area contributed by atoms with E-state index in [0.29, 0.717) is 12.6 Å².